The number of hydrogen-bond donors (Lipinski definition) is 0. The fraction of sp³-hybridized carbons (Fsp3) is 0.483. The number of carbonyl (C=O) groups is 2. The molecule has 2 aromatic carbocycles. The van der Waals surface area contributed by atoms with E-state index in [-0.39, 0.29) is 24.3 Å². The molecule has 1 atom stereocenters. The summed E-state index contributed by atoms with van der Waals surface area (Å²) in [4.78, 5) is 30.9. The van der Waals surface area contributed by atoms with Gasteiger partial charge in [-0.3, -0.25) is 14.5 Å². The maximum Gasteiger partial charge on any atom is 0.262 e. The lowest BCUT2D eigenvalue weighted by Gasteiger charge is -2.31. The predicted molar refractivity (Wildman–Crippen MR) is 143 cm³/mol. The molecule has 3 aliphatic rings. The number of nitrogens with zero attached hydrogens (tertiary/aromatic N) is 4. The lowest BCUT2D eigenvalue weighted by atomic mass is 9.97. The van der Waals surface area contributed by atoms with E-state index in [0.717, 1.165) is 31.5 Å². The summed E-state index contributed by atoms with van der Waals surface area (Å²) in [6, 6.07) is 11.4. The quantitative estimate of drug-likeness (QED) is 0.462. The largest absolute Gasteiger partial charge is 0.493 e. The second-order valence-corrected chi connectivity index (χ2v) is 10.1. The highest BCUT2D eigenvalue weighted by atomic mass is 19.1. The molecule has 1 saturated heterocycles. The van der Waals surface area contributed by atoms with Gasteiger partial charge in [-0.2, -0.15) is 5.10 Å². The lowest BCUT2D eigenvalue weighted by molar-refractivity contribution is -0.142. The number of hydrazone groups is 1. The van der Waals surface area contributed by atoms with Crippen LogP contribution in [-0.2, 0) is 14.3 Å². The summed E-state index contributed by atoms with van der Waals surface area (Å²) in [5.41, 5.74) is 1.62. The first-order chi connectivity index (χ1) is 19.0. The Morgan fingerprint density at radius 1 is 1.08 bits per heavy atom. The molecule has 5 rings (SSSR count). The molecule has 1 saturated carbocycles. The van der Waals surface area contributed by atoms with Crippen LogP contribution in [0.2, 0.25) is 0 Å². The van der Waals surface area contributed by atoms with Gasteiger partial charge in [-0.15, -0.1) is 0 Å². The fourth-order valence-corrected chi connectivity index (χ4v) is 5.10. The van der Waals surface area contributed by atoms with Gasteiger partial charge in [0.15, 0.2) is 11.5 Å². The summed E-state index contributed by atoms with van der Waals surface area (Å²) >= 11 is 0. The third-order valence-electron chi connectivity index (χ3n) is 7.50. The molecule has 2 aromatic rings. The number of ether oxygens (including phenoxy) is 3. The molecule has 39 heavy (non-hydrogen) atoms. The molecule has 10 heteroatoms. The van der Waals surface area contributed by atoms with Crippen LogP contribution < -0.4 is 9.47 Å². The molecular formula is C29H35FN4O5. The van der Waals surface area contributed by atoms with Crippen LogP contribution in [0.5, 0.6) is 11.5 Å². The third-order valence-corrected chi connectivity index (χ3v) is 7.50. The van der Waals surface area contributed by atoms with Crippen LogP contribution in [-0.4, -0.2) is 92.5 Å². The van der Waals surface area contributed by atoms with Gasteiger partial charge < -0.3 is 19.1 Å². The van der Waals surface area contributed by atoms with E-state index in [2.05, 4.69) is 10.0 Å². The molecule has 0 bridgehead atoms. The van der Waals surface area contributed by atoms with Crippen molar-refractivity contribution in [2.45, 2.75) is 25.3 Å². The summed E-state index contributed by atoms with van der Waals surface area (Å²) in [5, 5.41) is 6.03. The van der Waals surface area contributed by atoms with Gasteiger partial charge in [0.2, 0.25) is 5.91 Å². The molecular weight excluding hydrogens is 503 g/mol. The molecule has 0 radical (unpaired) electrons. The molecule has 2 amide bonds. The Labute approximate surface area is 228 Å². The van der Waals surface area contributed by atoms with Gasteiger partial charge in [0.1, 0.15) is 12.4 Å². The van der Waals surface area contributed by atoms with Crippen LogP contribution in [0.3, 0.4) is 0 Å². The van der Waals surface area contributed by atoms with Crippen LogP contribution >= 0.6 is 0 Å². The van der Waals surface area contributed by atoms with Crippen molar-refractivity contribution in [3.05, 3.63) is 59.4 Å². The predicted octanol–water partition coefficient (Wildman–Crippen LogP) is 3.09. The Bertz CT molecular complexity index is 1230. The molecule has 0 aromatic heterocycles. The fourth-order valence-electron chi connectivity index (χ4n) is 5.10. The van der Waals surface area contributed by atoms with E-state index in [4.69, 9.17) is 14.2 Å². The lowest BCUT2D eigenvalue weighted by Crippen LogP contribution is -2.47. The van der Waals surface area contributed by atoms with Crippen molar-refractivity contribution in [3.8, 4) is 11.5 Å². The Morgan fingerprint density at radius 2 is 1.82 bits per heavy atom. The second kappa shape index (κ2) is 12.1. The van der Waals surface area contributed by atoms with Gasteiger partial charge in [-0.1, -0.05) is 24.3 Å². The highest BCUT2D eigenvalue weighted by Crippen LogP contribution is 2.38. The molecule has 0 N–H and O–H groups in total. The smallest absolute Gasteiger partial charge is 0.262 e. The zero-order valence-electron chi connectivity index (χ0n) is 22.5. The van der Waals surface area contributed by atoms with E-state index in [1.807, 2.05) is 12.1 Å². The van der Waals surface area contributed by atoms with Crippen molar-refractivity contribution < 1.29 is 28.2 Å². The van der Waals surface area contributed by atoms with Crippen molar-refractivity contribution in [1.29, 1.82) is 0 Å². The number of morpholine rings is 1. The Morgan fingerprint density at radius 3 is 2.51 bits per heavy atom. The Balaban J connectivity index is 1.40. The summed E-state index contributed by atoms with van der Waals surface area (Å²) < 4.78 is 31.0. The number of benzene rings is 2. The van der Waals surface area contributed by atoms with Crippen molar-refractivity contribution in [2.24, 2.45) is 11.0 Å². The van der Waals surface area contributed by atoms with Gasteiger partial charge in [0, 0.05) is 44.1 Å². The highest BCUT2D eigenvalue weighted by Gasteiger charge is 2.38. The van der Waals surface area contributed by atoms with Gasteiger partial charge in [-0.25, -0.2) is 9.40 Å². The maximum absolute atomic E-state index is 14.7. The number of rotatable bonds is 10. The van der Waals surface area contributed by atoms with Gasteiger partial charge in [0.25, 0.3) is 5.91 Å². The minimum absolute atomic E-state index is 0.0109. The minimum Gasteiger partial charge on any atom is -0.493 e. The molecule has 9 nitrogen and oxygen atoms in total. The first kappa shape index (κ1) is 27.1. The molecule has 1 aliphatic carbocycles. The number of halogens is 1. The minimum atomic E-state index is -0.482. The molecule has 2 aliphatic heterocycles. The first-order valence-electron chi connectivity index (χ1n) is 13.4. The molecule has 2 heterocycles. The molecule has 208 valence electrons. The van der Waals surface area contributed by atoms with Crippen LogP contribution in [0.25, 0.3) is 0 Å². The zero-order valence-corrected chi connectivity index (χ0v) is 22.5. The standard InChI is InChI=1S/C29H35FN4O5/c1-37-26-10-9-21(17-27(26)38-2)25-18-24(22-5-3-4-6-23(22)30)31-34(25)28(35)19-33(29(36)20-7-8-20)12-11-32-13-15-39-16-14-32/h3-6,9-10,17,20,25H,7-8,11-16,18-19H2,1-2H3/t25-/m1/s1. The van der Waals surface area contributed by atoms with Gasteiger partial charge in [0.05, 0.1) is 39.2 Å². The monoisotopic (exact) mass is 538 g/mol. The Hall–Kier alpha value is -3.50. The molecule has 2 fully saturated rings. The number of amides is 2. The van der Waals surface area contributed by atoms with Crippen LogP contribution in [0.1, 0.15) is 36.4 Å². The van der Waals surface area contributed by atoms with Crippen LogP contribution in [0.4, 0.5) is 4.39 Å². The zero-order chi connectivity index (χ0) is 27.4. The average molecular weight is 539 g/mol. The van der Waals surface area contributed by atoms with E-state index in [9.17, 15) is 14.0 Å². The normalized spacial score (nSPS) is 19.5. The first-order valence-corrected chi connectivity index (χ1v) is 13.4. The number of methoxy groups -OCH3 is 2. The SMILES string of the molecule is COc1ccc([C@H]2CC(c3ccccc3F)=NN2C(=O)CN(CCN2CCOCC2)C(=O)C2CC2)cc1OC. The Kier molecular flexibility index (Phi) is 8.42. The van der Waals surface area contributed by atoms with E-state index >= 15 is 0 Å². The van der Waals surface area contributed by atoms with E-state index in [0.29, 0.717) is 55.5 Å². The molecule has 0 unspecified atom stereocenters. The summed E-state index contributed by atoms with van der Waals surface area (Å²) in [6.07, 6.45) is 2.04. The van der Waals surface area contributed by atoms with E-state index in [1.54, 1.807) is 43.4 Å². The van der Waals surface area contributed by atoms with Crippen molar-refractivity contribution in [2.75, 3.05) is 60.2 Å². The van der Waals surface area contributed by atoms with E-state index in [1.165, 1.54) is 11.1 Å². The summed E-state index contributed by atoms with van der Waals surface area (Å²) in [7, 11) is 3.11. The van der Waals surface area contributed by atoms with Crippen molar-refractivity contribution in [3.63, 3.8) is 0 Å². The summed E-state index contributed by atoms with van der Waals surface area (Å²) in [5.74, 6) is 0.385. The summed E-state index contributed by atoms with van der Waals surface area (Å²) in [6.45, 7) is 4.01. The third kappa shape index (κ3) is 6.23. The van der Waals surface area contributed by atoms with Gasteiger partial charge in [-0.05, 0) is 36.6 Å². The van der Waals surface area contributed by atoms with Crippen LogP contribution in [0.15, 0.2) is 47.6 Å². The maximum atomic E-state index is 14.7. The van der Waals surface area contributed by atoms with Gasteiger partial charge >= 0.3 is 0 Å². The topological polar surface area (TPSA) is 83.9 Å². The van der Waals surface area contributed by atoms with Crippen LogP contribution in [0, 0.1) is 11.7 Å². The van der Waals surface area contributed by atoms with E-state index < -0.39 is 11.9 Å². The highest BCUT2D eigenvalue weighted by molar-refractivity contribution is 6.03. The van der Waals surface area contributed by atoms with Crippen molar-refractivity contribution >= 4 is 17.5 Å². The average Bonchev–Trinajstić information content (AvgIpc) is 3.73. The second-order valence-electron chi connectivity index (χ2n) is 10.1. The van der Waals surface area contributed by atoms with Crippen molar-refractivity contribution in [1.82, 2.24) is 14.8 Å². The number of carbonyl (C=O) groups excluding carboxylic acids is 2. The molecule has 0 spiro atoms. The number of hydrogen-bond acceptors (Lipinski definition) is 7.